The van der Waals surface area contributed by atoms with Gasteiger partial charge in [0.2, 0.25) is 0 Å². The number of hydrogen-bond acceptors (Lipinski definition) is 4. The van der Waals surface area contributed by atoms with E-state index in [1.165, 1.54) is 0 Å². The van der Waals surface area contributed by atoms with Gasteiger partial charge in [0, 0.05) is 32.9 Å². The van der Waals surface area contributed by atoms with Gasteiger partial charge in [0.25, 0.3) is 5.97 Å². The molecule has 1 atom stereocenters. The number of carbonyl (C=O) groups is 2. The van der Waals surface area contributed by atoms with Crippen LogP contribution in [-0.2, 0) is 9.59 Å². The molecule has 0 aromatic carbocycles. The molecule has 0 saturated heterocycles. The summed E-state index contributed by atoms with van der Waals surface area (Å²) in [6.07, 6.45) is 3.98. The molecule has 1 unspecified atom stereocenters. The Balaban J connectivity index is 0.000000487. The molecule has 1 aliphatic rings. The second-order valence-corrected chi connectivity index (χ2v) is 3.39. The van der Waals surface area contributed by atoms with Crippen LogP contribution in [0.4, 0.5) is 0 Å². The minimum atomic E-state index is -0.833. The van der Waals surface area contributed by atoms with Crippen LogP contribution in [0.15, 0.2) is 12.4 Å². The summed E-state index contributed by atoms with van der Waals surface area (Å²) in [7, 11) is 1.89. The number of carboxylic acid groups (broad SMARTS) is 2. The minimum Gasteiger partial charge on any atom is -0.481 e. The SMILES string of the molecule is CC(=O)O.CCN1C=CN(C)C1CC(=O)O. The molecule has 0 aliphatic carbocycles. The summed E-state index contributed by atoms with van der Waals surface area (Å²) < 4.78 is 0. The van der Waals surface area contributed by atoms with E-state index in [1.54, 1.807) is 0 Å². The van der Waals surface area contributed by atoms with Crippen molar-refractivity contribution in [2.24, 2.45) is 0 Å². The molecule has 92 valence electrons. The molecule has 6 heteroatoms. The third kappa shape index (κ3) is 5.23. The van der Waals surface area contributed by atoms with Crippen molar-refractivity contribution in [2.75, 3.05) is 13.6 Å². The van der Waals surface area contributed by atoms with Gasteiger partial charge >= 0.3 is 5.97 Å². The van der Waals surface area contributed by atoms with Crippen LogP contribution in [0, 0.1) is 0 Å². The molecule has 1 heterocycles. The van der Waals surface area contributed by atoms with Crippen molar-refractivity contribution in [3.8, 4) is 0 Å². The summed E-state index contributed by atoms with van der Waals surface area (Å²) in [6.45, 7) is 3.94. The number of nitrogens with zero attached hydrogens (tertiary/aromatic N) is 2. The maximum absolute atomic E-state index is 10.5. The molecule has 2 N–H and O–H groups in total. The Morgan fingerprint density at radius 3 is 2.19 bits per heavy atom. The Kier molecular flexibility index (Phi) is 5.99. The summed E-state index contributed by atoms with van der Waals surface area (Å²) >= 11 is 0. The molecule has 0 aromatic rings. The Bertz CT molecular complexity index is 274. The van der Waals surface area contributed by atoms with Crippen LogP contribution in [0.2, 0.25) is 0 Å². The van der Waals surface area contributed by atoms with Crippen LogP contribution in [-0.4, -0.2) is 51.7 Å². The van der Waals surface area contributed by atoms with E-state index in [2.05, 4.69) is 0 Å². The van der Waals surface area contributed by atoms with Crippen LogP contribution in [0.25, 0.3) is 0 Å². The van der Waals surface area contributed by atoms with E-state index >= 15 is 0 Å². The lowest BCUT2D eigenvalue weighted by molar-refractivity contribution is -0.139. The van der Waals surface area contributed by atoms with E-state index in [1.807, 2.05) is 36.2 Å². The largest absolute Gasteiger partial charge is 0.481 e. The fourth-order valence-corrected chi connectivity index (χ4v) is 1.36. The summed E-state index contributed by atoms with van der Waals surface area (Å²) in [5.41, 5.74) is 0. The zero-order chi connectivity index (χ0) is 12.7. The monoisotopic (exact) mass is 230 g/mol. The fourth-order valence-electron chi connectivity index (χ4n) is 1.36. The Morgan fingerprint density at radius 1 is 1.31 bits per heavy atom. The summed E-state index contributed by atoms with van der Waals surface area (Å²) in [5, 5.41) is 16.0. The standard InChI is InChI=1S/C8H14N2O2.C2H4O2/c1-3-10-5-4-9(2)7(10)6-8(11)12;1-2(3)4/h4-5,7H,3,6H2,1-2H3,(H,11,12);1H3,(H,3,4). The third-order valence-corrected chi connectivity index (χ3v) is 2.07. The summed E-state index contributed by atoms with van der Waals surface area (Å²) in [4.78, 5) is 23.4. The maximum Gasteiger partial charge on any atom is 0.307 e. The molecule has 0 fully saturated rings. The summed E-state index contributed by atoms with van der Waals surface area (Å²) in [6, 6.07) is 0. The minimum absolute atomic E-state index is 0.00694. The maximum atomic E-state index is 10.5. The lowest BCUT2D eigenvalue weighted by Crippen LogP contribution is -2.38. The third-order valence-electron chi connectivity index (χ3n) is 2.07. The van der Waals surface area contributed by atoms with E-state index in [0.29, 0.717) is 0 Å². The van der Waals surface area contributed by atoms with Gasteiger partial charge in [-0.3, -0.25) is 9.59 Å². The van der Waals surface area contributed by atoms with Gasteiger partial charge in [-0.15, -0.1) is 0 Å². The first-order valence-electron chi connectivity index (χ1n) is 4.95. The molecule has 0 bridgehead atoms. The smallest absolute Gasteiger partial charge is 0.307 e. The van der Waals surface area contributed by atoms with Crippen molar-refractivity contribution in [3.63, 3.8) is 0 Å². The predicted octanol–water partition coefficient (Wildman–Crippen LogP) is 0.617. The van der Waals surface area contributed by atoms with Crippen LogP contribution in [0.5, 0.6) is 0 Å². The predicted molar refractivity (Wildman–Crippen MR) is 58.6 cm³/mol. The Labute approximate surface area is 94.8 Å². The van der Waals surface area contributed by atoms with Crippen molar-refractivity contribution in [1.29, 1.82) is 0 Å². The molecule has 0 aromatic heterocycles. The van der Waals surface area contributed by atoms with Gasteiger partial charge in [-0.05, 0) is 6.92 Å². The first-order chi connectivity index (χ1) is 7.38. The number of carboxylic acids is 2. The molecule has 1 rings (SSSR count). The highest BCUT2D eigenvalue weighted by Gasteiger charge is 2.24. The van der Waals surface area contributed by atoms with E-state index in [9.17, 15) is 4.79 Å². The zero-order valence-electron chi connectivity index (χ0n) is 9.75. The second kappa shape index (κ2) is 6.71. The highest BCUT2D eigenvalue weighted by molar-refractivity contribution is 5.67. The van der Waals surface area contributed by atoms with Gasteiger partial charge in [-0.1, -0.05) is 0 Å². The van der Waals surface area contributed by atoms with Gasteiger partial charge in [0.1, 0.15) is 6.17 Å². The van der Waals surface area contributed by atoms with Gasteiger partial charge in [-0.2, -0.15) is 0 Å². The molecule has 6 nitrogen and oxygen atoms in total. The Morgan fingerprint density at radius 2 is 1.81 bits per heavy atom. The summed E-state index contributed by atoms with van der Waals surface area (Å²) in [5.74, 6) is -1.59. The quantitative estimate of drug-likeness (QED) is 0.739. The average Bonchev–Trinajstić information content (AvgIpc) is 2.46. The van der Waals surface area contributed by atoms with Crippen molar-refractivity contribution >= 4 is 11.9 Å². The molecule has 1 aliphatic heterocycles. The van der Waals surface area contributed by atoms with E-state index in [0.717, 1.165) is 13.5 Å². The highest BCUT2D eigenvalue weighted by atomic mass is 16.4. The van der Waals surface area contributed by atoms with Crippen molar-refractivity contribution in [3.05, 3.63) is 12.4 Å². The average molecular weight is 230 g/mol. The van der Waals surface area contributed by atoms with Crippen LogP contribution >= 0.6 is 0 Å². The fraction of sp³-hybridized carbons (Fsp3) is 0.600. The van der Waals surface area contributed by atoms with Gasteiger partial charge in [0.05, 0.1) is 6.42 Å². The lowest BCUT2D eigenvalue weighted by atomic mass is 10.3. The number of hydrogen-bond donors (Lipinski definition) is 2. The van der Waals surface area contributed by atoms with Gasteiger partial charge < -0.3 is 20.0 Å². The molecule has 0 amide bonds. The topological polar surface area (TPSA) is 81.1 Å². The lowest BCUT2D eigenvalue weighted by Gasteiger charge is -2.27. The van der Waals surface area contributed by atoms with E-state index in [4.69, 9.17) is 15.0 Å². The molecule has 0 radical (unpaired) electrons. The Hall–Kier alpha value is -1.72. The number of aliphatic carboxylic acids is 2. The first-order valence-corrected chi connectivity index (χ1v) is 4.95. The van der Waals surface area contributed by atoms with Crippen LogP contribution in [0.3, 0.4) is 0 Å². The van der Waals surface area contributed by atoms with Crippen molar-refractivity contribution in [1.82, 2.24) is 9.80 Å². The molecule has 16 heavy (non-hydrogen) atoms. The van der Waals surface area contributed by atoms with Crippen LogP contribution in [0.1, 0.15) is 20.3 Å². The van der Waals surface area contributed by atoms with Crippen molar-refractivity contribution < 1.29 is 19.8 Å². The first kappa shape index (κ1) is 14.3. The normalized spacial score (nSPS) is 18.1. The molecule has 0 saturated carbocycles. The van der Waals surface area contributed by atoms with Crippen LogP contribution < -0.4 is 0 Å². The molecular weight excluding hydrogens is 212 g/mol. The second-order valence-electron chi connectivity index (χ2n) is 3.39. The molecule has 0 spiro atoms. The van der Waals surface area contributed by atoms with Gasteiger partial charge in [0.15, 0.2) is 0 Å². The zero-order valence-corrected chi connectivity index (χ0v) is 9.75. The van der Waals surface area contributed by atoms with Gasteiger partial charge in [-0.25, -0.2) is 0 Å². The number of rotatable bonds is 3. The van der Waals surface area contributed by atoms with E-state index in [-0.39, 0.29) is 12.6 Å². The molecular formula is C10H18N2O4. The highest BCUT2D eigenvalue weighted by Crippen LogP contribution is 2.15. The van der Waals surface area contributed by atoms with E-state index < -0.39 is 11.9 Å². The van der Waals surface area contributed by atoms with Crippen molar-refractivity contribution in [2.45, 2.75) is 26.4 Å².